The highest BCUT2D eigenvalue weighted by atomic mass is 32.2. The van der Waals surface area contributed by atoms with Gasteiger partial charge >= 0.3 is 11.5 Å². The van der Waals surface area contributed by atoms with Gasteiger partial charge in [0.2, 0.25) is 0 Å². The fourth-order valence-electron chi connectivity index (χ4n) is 1.72. The summed E-state index contributed by atoms with van der Waals surface area (Å²) in [4.78, 5) is 10.7. The molecule has 0 aliphatic rings. The minimum absolute atomic E-state index is 0.0212. The van der Waals surface area contributed by atoms with Gasteiger partial charge < -0.3 is 4.74 Å². The van der Waals surface area contributed by atoms with Gasteiger partial charge in [-0.3, -0.25) is 0 Å². The van der Waals surface area contributed by atoms with E-state index in [1.807, 2.05) is 0 Å². The lowest BCUT2D eigenvalue weighted by Crippen LogP contribution is -2.23. The van der Waals surface area contributed by atoms with Crippen LogP contribution in [0.3, 0.4) is 0 Å². The van der Waals surface area contributed by atoms with Gasteiger partial charge in [0, 0.05) is 5.56 Å². The van der Waals surface area contributed by atoms with Gasteiger partial charge in [-0.05, 0) is 19.1 Å². The fraction of sp³-hybridized carbons (Fsp3) is 0.250. The lowest BCUT2D eigenvalue weighted by Gasteiger charge is -2.09. The molecule has 23 heavy (non-hydrogen) atoms. The summed E-state index contributed by atoms with van der Waals surface area (Å²) in [5.41, 5.74) is -5.82. The number of halogens is 3. The molecular weight excluding hydrogens is 339 g/mol. The first-order valence-electron chi connectivity index (χ1n) is 6.18. The molecule has 1 aromatic carbocycles. The van der Waals surface area contributed by atoms with Crippen molar-refractivity contribution in [2.45, 2.75) is 17.3 Å². The van der Waals surface area contributed by atoms with Gasteiger partial charge in [-0.2, -0.15) is 23.5 Å². The molecule has 0 spiro atoms. The number of aromatic amines is 1. The van der Waals surface area contributed by atoms with Gasteiger partial charge in [0.1, 0.15) is 5.69 Å². The quantitative estimate of drug-likeness (QED) is 0.847. The maximum absolute atomic E-state index is 12.6. The van der Waals surface area contributed by atoms with Gasteiger partial charge in [-0.15, -0.1) is 5.10 Å². The first-order chi connectivity index (χ1) is 10.7. The highest BCUT2D eigenvalue weighted by Crippen LogP contribution is 2.32. The van der Waals surface area contributed by atoms with E-state index in [0.29, 0.717) is 0 Å². The number of nitrogens with zero attached hydrogens (tertiary/aromatic N) is 2. The lowest BCUT2D eigenvalue weighted by molar-refractivity contribution is -0.0436. The van der Waals surface area contributed by atoms with E-state index in [2.05, 4.69) is 15.4 Å². The van der Waals surface area contributed by atoms with Crippen LogP contribution in [0.4, 0.5) is 13.2 Å². The Bertz CT molecular complexity index is 830. The summed E-state index contributed by atoms with van der Waals surface area (Å²) in [5.74, 6) is -0.833. The summed E-state index contributed by atoms with van der Waals surface area (Å²) in [6, 6.07) is 3.98. The Kier molecular flexibility index (Phi) is 4.41. The predicted octanol–water partition coefficient (Wildman–Crippen LogP) is 1.94. The summed E-state index contributed by atoms with van der Waals surface area (Å²) in [6.45, 7) is 1.63. The first-order valence-corrected chi connectivity index (χ1v) is 7.66. The Morgan fingerprint density at radius 2 is 2.00 bits per heavy atom. The largest absolute Gasteiger partial charge is 0.501 e. The Labute approximate surface area is 128 Å². The maximum Gasteiger partial charge on any atom is 0.501 e. The number of nitrogens with one attached hydrogen (secondary N) is 1. The van der Waals surface area contributed by atoms with Crippen LogP contribution in [0.5, 0.6) is 0 Å². The molecule has 124 valence electrons. The van der Waals surface area contributed by atoms with E-state index in [4.69, 9.17) is 4.74 Å². The highest BCUT2D eigenvalue weighted by Gasteiger charge is 2.47. The molecule has 0 bridgehead atoms. The second-order valence-electron chi connectivity index (χ2n) is 4.22. The van der Waals surface area contributed by atoms with Crippen molar-refractivity contribution in [2.24, 2.45) is 0 Å². The van der Waals surface area contributed by atoms with Gasteiger partial charge in [-0.1, -0.05) is 12.1 Å². The number of sulfone groups is 1. The molecule has 0 aliphatic heterocycles. The number of H-pyrrole nitrogens is 1. The van der Waals surface area contributed by atoms with Crippen LogP contribution in [-0.4, -0.2) is 41.9 Å². The molecule has 0 saturated heterocycles. The third kappa shape index (κ3) is 3.18. The number of alkyl halides is 3. The lowest BCUT2D eigenvalue weighted by atomic mass is 10.1. The number of carbonyl (C=O) groups excluding carboxylic acids is 1. The van der Waals surface area contributed by atoms with E-state index in [1.165, 1.54) is 6.07 Å². The summed E-state index contributed by atoms with van der Waals surface area (Å²) in [5, 5.41) is 9.38. The van der Waals surface area contributed by atoms with Gasteiger partial charge in [-0.25, -0.2) is 13.2 Å². The Hall–Kier alpha value is -2.43. The molecule has 1 N–H and O–H groups in total. The van der Waals surface area contributed by atoms with Crippen LogP contribution >= 0.6 is 0 Å². The summed E-state index contributed by atoms with van der Waals surface area (Å²) in [6.07, 6.45) is 0. The van der Waals surface area contributed by atoms with E-state index in [-0.39, 0.29) is 23.6 Å². The van der Waals surface area contributed by atoms with Crippen LogP contribution in [0.25, 0.3) is 11.3 Å². The number of ether oxygens (including phenoxy) is 1. The van der Waals surface area contributed by atoms with Crippen molar-refractivity contribution >= 4 is 15.8 Å². The fourth-order valence-corrected chi connectivity index (χ4v) is 2.53. The van der Waals surface area contributed by atoms with Gasteiger partial charge in [0.25, 0.3) is 9.84 Å². The number of hydrogen-bond donors (Lipinski definition) is 1. The van der Waals surface area contributed by atoms with E-state index in [9.17, 15) is 26.4 Å². The van der Waals surface area contributed by atoms with Crippen molar-refractivity contribution in [3.05, 3.63) is 30.0 Å². The van der Waals surface area contributed by atoms with Crippen molar-refractivity contribution in [1.82, 2.24) is 15.4 Å². The summed E-state index contributed by atoms with van der Waals surface area (Å²) >= 11 is 0. The molecule has 1 aromatic heterocycles. The molecule has 0 radical (unpaired) electrons. The maximum atomic E-state index is 12.6. The van der Waals surface area contributed by atoms with Crippen LogP contribution in [0.2, 0.25) is 0 Å². The Balaban J connectivity index is 2.51. The number of rotatable bonds is 4. The highest BCUT2D eigenvalue weighted by molar-refractivity contribution is 7.92. The van der Waals surface area contributed by atoms with E-state index >= 15 is 0 Å². The van der Waals surface area contributed by atoms with Gasteiger partial charge in [0.15, 0.2) is 5.69 Å². The molecule has 1 heterocycles. The zero-order valence-corrected chi connectivity index (χ0v) is 12.4. The number of esters is 1. The number of hydrogen-bond acceptors (Lipinski definition) is 6. The molecule has 2 aromatic rings. The predicted molar refractivity (Wildman–Crippen MR) is 71.0 cm³/mol. The third-order valence-corrected chi connectivity index (χ3v) is 4.22. The van der Waals surface area contributed by atoms with Gasteiger partial charge in [0.05, 0.1) is 11.5 Å². The van der Waals surface area contributed by atoms with Crippen molar-refractivity contribution in [3.8, 4) is 11.3 Å². The van der Waals surface area contributed by atoms with Crippen LogP contribution in [0.15, 0.2) is 29.2 Å². The topological polar surface area (TPSA) is 102 Å². The normalized spacial score (nSPS) is 12.2. The first kappa shape index (κ1) is 16.9. The minimum atomic E-state index is -5.51. The number of aromatic nitrogens is 3. The molecule has 0 unspecified atom stereocenters. The van der Waals surface area contributed by atoms with Crippen LogP contribution < -0.4 is 0 Å². The Morgan fingerprint density at radius 3 is 2.61 bits per heavy atom. The van der Waals surface area contributed by atoms with Crippen LogP contribution in [-0.2, 0) is 14.6 Å². The SMILES string of the molecule is CCOC(=O)c1n[nH]nc1-c1cccc(S(=O)(=O)C(F)(F)F)c1. The molecule has 7 nitrogen and oxygen atoms in total. The van der Waals surface area contributed by atoms with Crippen molar-refractivity contribution in [3.63, 3.8) is 0 Å². The molecule has 0 saturated carbocycles. The number of carbonyl (C=O) groups is 1. The zero-order chi connectivity index (χ0) is 17.3. The zero-order valence-electron chi connectivity index (χ0n) is 11.6. The van der Waals surface area contributed by atoms with E-state index in [1.54, 1.807) is 6.92 Å². The van der Waals surface area contributed by atoms with Crippen LogP contribution in [0, 0.1) is 0 Å². The monoisotopic (exact) mass is 349 g/mol. The molecule has 0 amide bonds. The molecule has 0 fully saturated rings. The second kappa shape index (κ2) is 5.99. The Morgan fingerprint density at radius 1 is 1.30 bits per heavy atom. The second-order valence-corrected chi connectivity index (χ2v) is 6.16. The molecule has 2 rings (SSSR count). The number of benzene rings is 1. The molecule has 11 heteroatoms. The van der Waals surface area contributed by atoms with Crippen molar-refractivity contribution < 1.29 is 31.1 Å². The minimum Gasteiger partial charge on any atom is -0.461 e. The van der Waals surface area contributed by atoms with E-state index < -0.39 is 26.2 Å². The van der Waals surface area contributed by atoms with E-state index in [0.717, 1.165) is 18.2 Å². The summed E-state index contributed by atoms with van der Waals surface area (Å²) < 4.78 is 65.4. The van der Waals surface area contributed by atoms with Crippen molar-refractivity contribution in [1.29, 1.82) is 0 Å². The third-order valence-electron chi connectivity index (χ3n) is 2.74. The average molecular weight is 349 g/mol. The molecule has 0 aliphatic carbocycles. The van der Waals surface area contributed by atoms with Crippen LogP contribution in [0.1, 0.15) is 17.4 Å². The van der Waals surface area contributed by atoms with Crippen molar-refractivity contribution in [2.75, 3.05) is 6.61 Å². The molecule has 0 atom stereocenters. The average Bonchev–Trinajstić information content (AvgIpc) is 2.96. The molecular formula is C12H10F3N3O4S. The standard InChI is InChI=1S/C12H10F3N3O4S/c1-2-22-11(19)10-9(16-18-17-10)7-4-3-5-8(6-7)23(20,21)12(13,14)15/h3-6H,2H2,1H3,(H,16,17,18). The smallest absolute Gasteiger partial charge is 0.461 e. The summed E-state index contributed by atoms with van der Waals surface area (Å²) in [7, 11) is -5.51.